The number of methoxy groups -OCH3 is 2. The van der Waals surface area contributed by atoms with Crippen LogP contribution in [-0.2, 0) is 6.42 Å². The number of fused-ring (bicyclic) bond motifs is 1. The number of aromatic nitrogens is 2. The Morgan fingerprint density at radius 3 is 2.42 bits per heavy atom. The number of nitrogens with two attached hydrogens (primary N) is 1. The molecule has 24 heavy (non-hydrogen) atoms. The number of nitrogens with zero attached hydrogens (tertiary/aromatic N) is 2. The summed E-state index contributed by atoms with van der Waals surface area (Å²) in [6.07, 6.45) is 0.888. The molecule has 0 spiro atoms. The van der Waals surface area contributed by atoms with Crippen LogP contribution >= 0.6 is 0 Å². The third-order valence-corrected chi connectivity index (χ3v) is 3.77. The zero-order valence-electron chi connectivity index (χ0n) is 13.7. The van der Waals surface area contributed by atoms with Gasteiger partial charge in [0.25, 0.3) is 0 Å². The van der Waals surface area contributed by atoms with E-state index in [4.69, 9.17) is 15.2 Å². The maximum Gasteiger partial charge on any atom is 0.222 e. The Kier molecular flexibility index (Phi) is 4.65. The Balaban J connectivity index is 1.88. The van der Waals surface area contributed by atoms with Crippen LogP contribution in [0.15, 0.2) is 42.5 Å². The SMILES string of the molecule is COc1cc2nc(N)nc(NCCc3ccccc3)c2cc1OC. The van der Waals surface area contributed by atoms with Gasteiger partial charge >= 0.3 is 0 Å². The molecule has 0 aliphatic heterocycles. The van der Waals surface area contributed by atoms with Gasteiger partial charge in [0, 0.05) is 18.0 Å². The number of hydrogen-bond donors (Lipinski definition) is 2. The van der Waals surface area contributed by atoms with E-state index in [1.54, 1.807) is 20.3 Å². The number of benzene rings is 2. The lowest BCUT2D eigenvalue weighted by molar-refractivity contribution is 0.356. The maximum atomic E-state index is 5.84. The summed E-state index contributed by atoms with van der Waals surface area (Å²) in [6.45, 7) is 0.740. The fourth-order valence-electron chi connectivity index (χ4n) is 2.58. The predicted octanol–water partition coefficient (Wildman–Crippen LogP) is 2.88. The average molecular weight is 324 g/mol. The average Bonchev–Trinajstić information content (AvgIpc) is 2.61. The summed E-state index contributed by atoms with van der Waals surface area (Å²) in [5, 5.41) is 4.18. The van der Waals surface area contributed by atoms with Gasteiger partial charge in [-0.15, -0.1) is 0 Å². The van der Waals surface area contributed by atoms with Crippen molar-refractivity contribution in [2.45, 2.75) is 6.42 Å². The predicted molar refractivity (Wildman–Crippen MR) is 95.7 cm³/mol. The molecule has 0 radical (unpaired) electrons. The van der Waals surface area contributed by atoms with Gasteiger partial charge < -0.3 is 20.5 Å². The fraction of sp³-hybridized carbons (Fsp3) is 0.222. The van der Waals surface area contributed by atoms with E-state index in [1.807, 2.05) is 24.3 Å². The Hall–Kier alpha value is -3.02. The molecule has 0 atom stereocenters. The molecule has 0 fully saturated rings. The molecule has 124 valence electrons. The zero-order valence-corrected chi connectivity index (χ0v) is 13.7. The van der Waals surface area contributed by atoms with E-state index in [9.17, 15) is 0 Å². The van der Waals surface area contributed by atoms with E-state index in [2.05, 4.69) is 27.4 Å². The molecule has 0 saturated heterocycles. The maximum absolute atomic E-state index is 5.84. The molecule has 2 aromatic carbocycles. The van der Waals surface area contributed by atoms with Gasteiger partial charge in [-0.05, 0) is 18.1 Å². The highest BCUT2D eigenvalue weighted by molar-refractivity contribution is 5.92. The van der Waals surface area contributed by atoms with E-state index in [-0.39, 0.29) is 5.95 Å². The molecule has 1 heterocycles. The van der Waals surface area contributed by atoms with Crippen molar-refractivity contribution in [1.29, 1.82) is 0 Å². The molecule has 6 heteroatoms. The Morgan fingerprint density at radius 2 is 1.71 bits per heavy atom. The molecule has 0 aliphatic carbocycles. The van der Waals surface area contributed by atoms with Crippen molar-refractivity contribution in [3.8, 4) is 11.5 Å². The lowest BCUT2D eigenvalue weighted by atomic mass is 10.1. The van der Waals surface area contributed by atoms with Gasteiger partial charge in [0.1, 0.15) is 5.82 Å². The first-order valence-corrected chi connectivity index (χ1v) is 7.68. The largest absolute Gasteiger partial charge is 0.493 e. The molecule has 0 bridgehead atoms. The highest BCUT2D eigenvalue weighted by atomic mass is 16.5. The third-order valence-electron chi connectivity index (χ3n) is 3.77. The molecule has 6 nitrogen and oxygen atoms in total. The number of ether oxygens (including phenoxy) is 2. The number of nitrogen functional groups attached to an aromatic ring is 1. The van der Waals surface area contributed by atoms with Crippen LogP contribution in [0.25, 0.3) is 10.9 Å². The van der Waals surface area contributed by atoms with Crippen LogP contribution in [0.2, 0.25) is 0 Å². The molecule has 3 N–H and O–H groups in total. The summed E-state index contributed by atoms with van der Waals surface area (Å²) in [7, 11) is 3.19. The van der Waals surface area contributed by atoms with Crippen LogP contribution in [-0.4, -0.2) is 30.7 Å². The van der Waals surface area contributed by atoms with Crippen molar-refractivity contribution in [2.75, 3.05) is 31.8 Å². The van der Waals surface area contributed by atoms with Gasteiger partial charge in [-0.1, -0.05) is 30.3 Å². The van der Waals surface area contributed by atoms with Crippen molar-refractivity contribution in [1.82, 2.24) is 9.97 Å². The van der Waals surface area contributed by atoms with E-state index < -0.39 is 0 Å². The molecule has 3 rings (SSSR count). The van der Waals surface area contributed by atoms with E-state index in [0.717, 1.165) is 18.4 Å². The quantitative estimate of drug-likeness (QED) is 0.725. The second-order valence-corrected chi connectivity index (χ2v) is 5.32. The highest BCUT2D eigenvalue weighted by Crippen LogP contribution is 2.34. The third kappa shape index (κ3) is 3.32. The minimum Gasteiger partial charge on any atom is -0.493 e. The van der Waals surface area contributed by atoms with Gasteiger partial charge in [-0.3, -0.25) is 0 Å². The summed E-state index contributed by atoms with van der Waals surface area (Å²) in [5.74, 6) is 2.15. The van der Waals surface area contributed by atoms with Gasteiger partial charge in [0.2, 0.25) is 5.95 Å². The Morgan fingerprint density at radius 1 is 1.00 bits per heavy atom. The van der Waals surface area contributed by atoms with Crippen LogP contribution in [0.4, 0.5) is 11.8 Å². The highest BCUT2D eigenvalue weighted by Gasteiger charge is 2.12. The molecule has 0 unspecified atom stereocenters. The second-order valence-electron chi connectivity index (χ2n) is 5.32. The molecule has 0 amide bonds. The van der Waals surface area contributed by atoms with E-state index >= 15 is 0 Å². The topological polar surface area (TPSA) is 82.3 Å². The van der Waals surface area contributed by atoms with Gasteiger partial charge in [-0.2, -0.15) is 4.98 Å². The monoisotopic (exact) mass is 324 g/mol. The van der Waals surface area contributed by atoms with Crippen molar-refractivity contribution in [3.05, 3.63) is 48.0 Å². The summed E-state index contributed by atoms with van der Waals surface area (Å²) < 4.78 is 10.7. The number of rotatable bonds is 6. The van der Waals surface area contributed by atoms with Crippen LogP contribution in [0.3, 0.4) is 0 Å². The van der Waals surface area contributed by atoms with Gasteiger partial charge in [-0.25, -0.2) is 4.98 Å². The summed E-state index contributed by atoms with van der Waals surface area (Å²) in [4.78, 5) is 8.60. The zero-order chi connectivity index (χ0) is 16.9. The number of anilines is 2. The lowest BCUT2D eigenvalue weighted by Crippen LogP contribution is -2.09. The first kappa shape index (κ1) is 15.9. The first-order valence-electron chi connectivity index (χ1n) is 7.68. The number of hydrogen-bond acceptors (Lipinski definition) is 6. The van der Waals surface area contributed by atoms with Crippen molar-refractivity contribution < 1.29 is 9.47 Å². The molecule has 3 aromatic rings. The summed E-state index contributed by atoms with van der Waals surface area (Å²) in [5.41, 5.74) is 7.81. The van der Waals surface area contributed by atoms with E-state index in [1.165, 1.54) is 5.56 Å². The smallest absolute Gasteiger partial charge is 0.222 e. The fourth-order valence-corrected chi connectivity index (χ4v) is 2.58. The number of nitrogens with one attached hydrogen (secondary N) is 1. The van der Waals surface area contributed by atoms with Crippen LogP contribution < -0.4 is 20.5 Å². The van der Waals surface area contributed by atoms with E-state index in [0.29, 0.717) is 22.8 Å². The lowest BCUT2D eigenvalue weighted by Gasteiger charge is -2.13. The summed E-state index contributed by atoms with van der Waals surface area (Å²) in [6, 6.07) is 13.9. The van der Waals surface area contributed by atoms with Gasteiger partial charge in [0.05, 0.1) is 19.7 Å². The molecule has 1 aromatic heterocycles. The molecule has 0 aliphatic rings. The van der Waals surface area contributed by atoms with Crippen LogP contribution in [0.1, 0.15) is 5.56 Å². The van der Waals surface area contributed by atoms with Crippen LogP contribution in [0, 0.1) is 0 Å². The normalized spacial score (nSPS) is 10.6. The standard InChI is InChI=1S/C18H20N4O2/c1-23-15-10-13-14(11-16(15)24-2)21-18(19)22-17(13)20-9-8-12-6-4-3-5-7-12/h3-7,10-11H,8-9H2,1-2H3,(H3,19,20,21,22). The van der Waals surface area contributed by atoms with Crippen molar-refractivity contribution in [2.24, 2.45) is 0 Å². The Labute approximate surface area is 140 Å². The van der Waals surface area contributed by atoms with Gasteiger partial charge in [0.15, 0.2) is 11.5 Å². The second kappa shape index (κ2) is 7.04. The first-order chi connectivity index (χ1) is 11.7. The minimum atomic E-state index is 0.219. The molecular formula is C18H20N4O2. The van der Waals surface area contributed by atoms with Crippen molar-refractivity contribution in [3.63, 3.8) is 0 Å². The summed E-state index contributed by atoms with van der Waals surface area (Å²) >= 11 is 0. The van der Waals surface area contributed by atoms with Crippen LogP contribution in [0.5, 0.6) is 11.5 Å². The minimum absolute atomic E-state index is 0.219. The Bertz CT molecular complexity index is 837. The molecule has 0 saturated carbocycles. The van der Waals surface area contributed by atoms with Crippen molar-refractivity contribution >= 4 is 22.7 Å². The molecular weight excluding hydrogens is 304 g/mol.